The van der Waals surface area contributed by atoms with E-state index in [1.807, 2.05) is 0 Å². The van der Waals surface area contributed by atoms with Gasteiger partial charge >= 0.3 is 0 Å². The molecule has 4 heteroatoms. The fraction of sp³-hybridized carbons (Fsp3) is 0.533. The van der Waals surface area contributed by atoms with Crippen LogP contribution in [0, 0.1) is 17.7 Å². The molecule has 3 nitrogen and oxygen atoms in total. The first-order chi connectivity index (χ1) is 9.11. The minimum atomic E-state index is -0.398. The molecular formula is C15H21FN2O. The van der Waals surface area contributed by atoms with Gasteiger partial charge in [0.1, 0.15) is 5.82 Å². The van der Waals surface area contributed by atoms with Crippen molar-refractivity contribution < 1.29 is 9.18 Å². The normalized spacial score (nSPS) is 22.3. The summed E-state index contributed by atoms with van der Waals surface area (Å²) in [6, 6.07) is 4.55. The lowest BCUT2D eigenvalue weighted by molar-refractivity contribution is 0.0947. The lowest BCUT2D eigenvalue weighted by atomic mass is 10.1. The first-order valence-corrected chi connectivity index (χ1v) is 6.86. The molecule has 1 aromatic rings. The van der Waals surface area contributed by atoms with E-state index in [2.05, 4.69) is 17.6 Å². The van der Waals surface area contributed by atoms with E-state index >= 15 is 0 Å². The Morgan fingerprint density at radius 2 is 2.21 bits per heavy atom. The van der Waals surface area contributed by atoms with E-state index < -0.39 is 5.82 Å². The minimum Gasteiger partial charge on any atom is -0.385 e. The molecule has 2 rings (SSSR count). The second kappa shape index (κ2) is 6.04. The molecule has 1 amide bonds. The molecule has 104 valence electrons. The standard InChI is InChI=1S/C15H21FN2O/c1-10-6-7-11(8-10)9-18-15(19)12-4-3-5-13(16)14(12)17-2/h3-5,10-11,17H,6-9H2,1-2H3,(H,18,19). The van der Waals surface area contributed by atoms with E-state index in [0.29, 0.717) is 18.0 Å². The highest BCUT2D eigenvalue weighted by Crippen LogP contribution is 2.29. The lowest BCUT2D eigenvalue weighted by Gasteiger charge is -2.13. The van der Waals surface area contributed by atoms with Crippen LogP contribution in [0.5, 0.6) is 0 Å². The number of benzene rings is 1. The van der Waals surface area contributed by atoms with Crippen LogP contribution in [0.3, 0.4) is 0 Å². The third kappa shape index (κ3) is 3.25. The molecule has 1 aliphatic rings. The quantitative estimate of drug-likeness (QED) is 0.877. The van der Waals surface area contributed by atoms with Gasteiger partial charge in [-0.05, 0) is 36.8 Å². The molecule has 1 saturated carbocycles. The molecule has 0 saturated heterocycles. The van der Waals surface area contributed by atoms with Gasteiger partial charge in [-0.25, -0.2) is 4.39 Å². The van der Waals surface area contributed by atoms with E-state index in [-0.39, 0.29) is 11.6 Å². The Morgan fingerprint density at radius 1 is 1.42 bits per heavy atom. The molecular weight excluding hydrogens is 243 g/mol. The molecule has 2 unspecified atom stereocenters. The topological polar surface area (TPSA) is 41.1 Å². The van der Waals surface area contributed by atoms with Crippen LogP contribution in [0.1, 0.15) is 36.5 Å². The summed E-state index contributed by atoms with van der Waals surface area (Å²) in [5.74, 6) is 0.711. The average molecular weight is 264 g/mol. The highest BCUT2D eigenvalue weighted by atomic mass is 19.1. The molecule has 0 aliphatic heterocycles. The van der Waals surface area contributed by atoms with Crippen LogP contribution in [0.15, 0.2) is 18.2 Å². The summed E-state index contributed by atoms with van der Waals surface area (Å²) >= 11 is 0. The van der Waals surface area contributed by atoms with Crippen molar-refractivity contribution in [3.8, 4) is 0 Å². The first kappa shape index (κ1) is 13.8. The SMILES string of the molecule is CNc1c(F)cccc1C(=O)NCC1CCC(C)C1. The second-order valence-electron chi connectivity index (χ2n) is 5.41. The van der Waals surface area contributed by atoms with E-state index in [9.17, 15) is 9.18 Å². The number of para-hydroxylation sites is 1. The number of hydrogen-bond donors (Lipinski definition) is 2. The first-order valence-electron chi connectivity index (χ1n) is 6.86. The van der Waals surface area contributed by atoms with Gasteiger partial charge in [-0.15, -0.1) is 0 Å². The van der Waals surface area contributed by atoms with Crippen molar-refractivity contribution in [1.82, 2.24) is 5.32 Å². The molecule has 0 bridgehead atoms. The van der Waals surface area contributed by atoms with Gasteiger partial charge < -0.3 is 10.6 Å². The smallest absolute Gasteiger partial charge is 0.253 e. The number of carbonyl (C=O) groups excluding carboxylic acids is 1. The highest BCUT2D eigenvalue weighted by molar-refractivity contribution is 5.99. The van der Waals surface area contributed by atoms with E-state index in [4.69, 9.17) is 0 Å². The molecule has 1 aromatic carbocycles. The fourth-order valence-corrected chi connectivity index (χ4v) is 2.81. The van der Waals surface area contributed by atoms with E-state index in [1.165, 1.54) is 25.3 Å². The monoisotopic (exact) mass is 264 g/mol. The summed E-state index contributed by atoms with van der Waals surface area (Å²) in [7, 11) is 1.62. The third-order valence-corrected chi connectivity index (χ3v) is 3.86. The van der Waals surface area contributed by atoms with Crippen molar-refractivity contribution in [2.24, 2.45) is 11.8 Å². The van der Waals surface area contributed by atoms with Crippen molar-refractivity contribution >= 4 is 11.6 Å². The summed E-state index contributed by atoms with van der Waals surface area (Å²) in [6.45, 7) is 2.93. The van der Waals surface area contributed by atoms with Crippen molar-refractivity contribution in [3.63, 3.8) is 0 Å². The highest BCUT2D eigenvalue weighted by Gasteiger charge is 2.22. The van der Waals surface area contributed by atoms with Crippen molar-refractivity contribution in [1.29, 1.82) is 0 Å². The summed E-state index contributed by atoms with van der Waals surface area (Å²) in [5, 5.41) is 5.66. The molecule has 2 atom stereocenters. The van der Waals surface area contributed by atoms with Crippen LogP contribution in [-0.4, -0.2) is 19.5 Å². The summed E-state index contributed by atoms with van der Waals surface area (Å²) in [4.78, 5) is 12.1. The number of halogens is 1. The molecule has 19 heavy (non-hydrogen) atoms. The number of carbonyl (C=O) groups is 1. The zero-order chi connectivity index (χ0) is 13.8. The van der Waals surface area contributed by atoms with Gasteiger partial charge in [-0.1, -0.05) is 19.4 Å². The zero-order valence-electron chi connectivity index (χ0n) is 11.5. The van der Waals surface area contributed by atoms with Crippen LogP contribution in [-0.2, 0) is 0 Å². The predicted octanol–water partition coefficient (Wildman–Crippen LogP) is 3.03. The van der Waals surface area contributed by atoms with Crippen LogP contribution in [0.25, 0.3) is 0 Å². The maximum absolute atomic E-state index is 13.6. The van der Waals surface area contributed by atoms with E-state index in [1.54, 1.807) is 19.2 Å². The minimum absolute atomic E-state index is 0.205. The van der Waals surface area contributed by atoms with Gasteiger partial charge in [0.2, 0.25) is 0 Å². The molecule has 1 fully saturated rings. The van der Waals surface area contributed by atoms with Crippen LogP contribution in [0.4, 0.5) is 10.1 Å². The van der Waals surface area contributed by atoms with Crippen molar-refractivity contribution in [2.45, 2.75) is 26.2 Å². The van der Waals surface area contributed by atoms with Gasteiger partial charge in [0, 0.05) is 13.6 Å². The van der Waals surface area contributed by atoms with Crippen molar-refractivity contribution in [3.05, 3.63) is 29.6 Å². The fourth-order valence-electron chi connectivity index (χ4n) is 2.81. The second-order valence-corrected chi connectivity index (χ2v) is 5.41. The number of nitrogens with one attached hydrogen (secondary N) is 2. The Hall–Kier alpha value is -1.58. The molecule has 0 spiro atoms. The molecule has 2 N–H and O–H groups in total. The van der Waals surface area contributed by atoms with Gasteiger partial charge in [0.25, 0.3) is 5.91 Å². The Bertz CT molecular complexity index is 461. The number of rotatable bonds is 4. The number of amides is 1. The summed E-state index contributed by atoms with van der Waals surface area (Å²) in [6.07, 6.45) is 3.58. The third-order valence-electron chi connectivity index (χ3n) is 3.86. The Kier molecular flexibility index (Phi) is 4.40. The largest absolute Gasteiger partial charge is 0.385 e. The Morgan fingerprint density at radius 3 is 2.84 bits per heavy atom. The Labute approximate surface area is 113 Å². The van der Waals surface area contributed by atoms with E-state index in [0.717, 1.165) is 5.92 Å². The lowest BCUT2D eigenvalue weighted by Crippen LogP contribution is -2.29. The van der Waals surface area contributed by atoms with Gasteiger partial charge in [-0.2, -0.15) is 0 Å². The van der Waals surface area contributed by atoms with Gasteiger partial charge in [0.05, 0.1) is 11.3 Å². The summed E-state index contributed by atoms with van der Waals surface area (Å²) in [5.41, 5.74) is 0.633. The maximum atomic E-state index is 13.6. The molecule has 0 radical (unpaired) electrons. The van der Waals surface area contributed by atoms with Crippen molar-refractivity contribution in [2.75, 3.05) is 18.9 Å². The zero-order valence-corrected chi connectivity index (χ0v) is 11.5. The number of anilines is 1. The molecule has 0 heterocycles. The Balaban J connectivity index is 1.98. The maximum Gasteiger partial charge on any atom is 0.253 e. The van der Waals surface area contributed by atoms with Crippen LogP contribution >= 0.6 is 0 Å². The van der Waals surface area contributed by atoms with Gasteiger partial charge in [-0.3, -0.25) is 4.79 Å². The summed E-state index contributed by atoms with van der Waals surface area (Å²) < 4.78 is 13.6. The molecule has 1 aliphatic carbocycles. The van der Waals surface area contributed by atoms with Crippen LogP contribution in [0.2, 0.25) is 0 Å². The molecule has 0 aromatic heterocycles. The predicted molar refractivity (Wildman–Crippen MR) is 74.8 cm³/mol. The average Bonchev–Trinajstić information content (AvgIpc) is 2.81. The number of hydrogen-bond acceptors (Lipinski definition) is 2. The van der Waals surface area contributed by atoms with Crippen LogP contribution < -0.4 is 10.6 Å². The van der Waals surface area contributed by atoms with Gasteiger partial charge in [0.15, 0.2) is 0 Å².